The van der Waals surface area contributed by atoms with Crippen LogP contribution in [0, 0.1) is 12.7 Å². The van der Waals surface area contributed by atoms with Crippen LogP contribution in [0.3, 0.4) is 0 Å². The number of anilines is 1. The lowest BCUT2D eigenvalue weighted by Gasteiger charge is -2.17. The van der Waals surface area contributed by atoms with Gasteiger partial charge in [0.2, 0.25) is 5.88 Å². The Hall–Kier alpha value is -2.17. The van der Waals surface area contributed by atoms with E-state index in [0.29, 0.717) is 12.5 Å². The second-order valence-corrected chi connectivity index (χ2v) is 4.50. The SMILES string of the molecule is CCOc1ncnc(NC(C)c2ccc(F)cc2)c1C. The largest absolute Gasteiger partial charge is 0.478 e. The zero-order valence-corrected chi connectivity index (χ0v) is 11.9. The Bertz CT molecular complexity index is 572. The Balaban J connectivity index is 2.17. The molecule has 1 heterocycles. The van der Waals surface area contributed by atoms with Crippen LogP contribution < -0.4 is 10.1 Å². The second kappa shape index (κ2) is 6.32. The van der Waals surface area contributed by atoms with E-state index >= 15 is 0 Å². The third kappa shape index (κ3) is 3.23. The fourth-order valence-electron chi connectivity index (χ4n) is 1.90. The van der Waals surface area contributed by atoms with Crippen LogP contribution in [0.25, 0.3) is 0 Å². The molecule has 4 nitrogen and oxygen atoms in total. The Labute approximate surface area is 118 Å². The Kier molecular flexibility index (Phi) is 4.50. The van der Waals surface area contributed by atoms with Crippen molar-refractivity contribution in [2.45, 2.75) is 26.8 Å². The van der Waals surface area contributed by atoms with E-state index in [9.17, 15) is 4.39 Å². The highest BCUT2D eigenvalue weighted by atomic mass is 19.1. The second-order valence-electron chi connectivity index (χ2n) is 4.50. The Morgan fingerprint density at radius 1 is 1.25 bits per heavy atom. The van der Waals surface area contributed by atoms with Crippen LogP contribution in [0.4, 0.5) is 10.2 Å². The van der Waals surface area contributed by atoms with Crippen molar-refractivity contribution < 1.29 is 9.13 Å². The van der Waals surface area contributed by atoms with Crippen LogP contribution in [-0.4, -0.2) is 16.6 Å². The molecular weight excluding hydrogens is 257 g/mol. The van der Waals surface area contributed by atoms with Gasteiger partial charge in [-0.2, -0.15) is 0 Å². The normalized spacial score (nSPS) is 12.0. The molecule has 0 aliphatic rings. The number of benzene rings is 1. The van der Waals surface area contributed by atoms with Crippen LogP contribution >= 0.6 is 0 Å². The number of nitrogens with zero attached hydrogens (tertiary/aromatic N) is 2. The molecular formula is C15H18FN3O. The summed E-state index contributed by atoms with van der Waals surface area (Å²) in [4.78, 5) is 8.33. The van der Waals surface area contributed by atoms with E-state index in [1.807, 2.05) is 20.8 Å². The van der Waals surface area contributed by atoms with Gasteiger partial charge in [-0.25, -0.2) is 14.4 Å². The maximum absolute atomic E-state index is 12.9. The van der Waals surface area contributed by atoms with E-state index in [4.69, 9.17) is 4.74 Å². The molecule has 106 valence electrons. The molecule has 1 atom stereocenters. The maximum atomic E-state index is 12.9. The third-order valence-corrected chi connectivity index (χ3v) is 3.04. The Morgan fingerprint density at radius 3 is 2.60 bits per heavy atom. The van der Waals surface area contributed by atoms with Crippen LogP contribution in [0.5, 0.6) is 5.88 Å². The summed E-state index contributed by atoms with van der Waals surface area (Å²) in [7, 11) is 0. The minimum atomic E-state index is -0.238. The van der Waals surface area contributed by atoms with Crippen molar-refractivity contribution in [1.82, 2.24) is 9.97 Å². The van der Waals surface area contributed by atoms with Gasteiger partial charge in [-0.05, 0) is 38.5 Å². The summed E-state index contributed by atoms with van der Waals surface area (Å²) >= 11 is 0. The number of aromatic nitrogens is 2. The van der Waals surface area contributed by atoms with E-state index in [1.54, 1.807) is 12.1 Å². The zero-order valence-electron chi connectivity index (χ0n) is 11.9. The van der Waals surface area contributed by atoms with E-state index < -0.39 is 0 Å². The smallest absolute Gasteiger partial charge is 0.221 e. The van der Waals surface area contributed by atoms with Crippen molar-refractivity contribution in [2.24, 2.45) is 0 Å². The van der Waals surface area contributed by atoms with Crippen molar-refractivity contribution in [1.29, 1.82) is 0 Å². The predicted octanol–water partition coefficient (Wildman–Crippen LogP) is 3.50. The molecule has 1 unspecified atom stereocenters. The minimum absolute atomic E-state index is 0.0127. The molecule has 0 aliphatic carbocycles. The van der Waals surface area contributed by atoms with Gasteiger partial charge in [0.25, 0.3) is 0 Å². The molecule has 5 heteroatoms. The first-order valence-corrected chi connectivity index (χ1v) is 6.58. The van der Waals surface area contributed by atoms with E-state index in [1.165, 1.54) is 18.5 Å². The van der Waals surface area contributed by atoms with Crippen LogP contribution in [0.15, 0.2) is 30.6 Å². The van der Waals surface area contributed by atoms with Crippen LogP contribution in [0.1, 0.15) is 31.0 Å². The molecule has 0 radical (unpaired) electrons. The number of ether oxygens (including phenoxy) is 1. The summed E-state index contributed by atoms with van der Waals surface area (Å²) in [5.41, 5.74) is 1.85. The summed E-state index contributed by atoms with van der Waals surface area (Å²) in [5, 5.41) is 3.29. The van der Waals surface area contributed by atoms with Crippen molar-refractivity contribution in [2.75, 3.05) is 11.9 Å². The molecule has 1 aromatic carbocycles. The quantitative estimate of drug-likeness (QED) is 0.907. The first-order valence-electron chi connectivity index (χ1n) is 6.58. The molecule has 0 saturated carbocycles. The van der Waals surface area contributed by atoms with Crippen LogP contribution in [-0.2, 0) is 0 Å². The molecule has 1 aromatic heterocycles. The van der Waals surface area contributed by atoms with Crippen molar-refractivity contribution in [3.05, 3.63) is 47.5 Å². The minimum Gasteiger partial charge on any atom is -0.478 e. The fraction of sp³-hybridized carbons (Fsp3) is 0.333. The van der Waals surface area contributed by atoms with Crippen LogP contribution in [0.2, 0.25) is 0 Å². The molecule has 2 rings (SSSR count). The highest BCUT2D eigenvalue weighted by molar-refractivity contribution is 5.49. The highest BCUT2D eigenvalue weighted by Crippen LogP contribution is 2.24. The summed E-state index contributed by atoms with van der Waals surface area (Å²) in [6, 6.07) is 6.43. The van der Waals surface area contributed by atoms with Crippen molar-refractivity contribution in [3.8, 4) is 5.88 Å². The summed E-state index contributed by atoms with van der Waals surface area (Å²) in [6.07, 6.45) is 1.47. The lowest BCUT2D eigenvalue weighted by molar-refractivity contribution is 0.324. The molecule has 0 bridgehead atoms. The summed E-state index contributed by atoms with van der Waals surface area (Å²) in [5.74, 6) is 1.06. The standard InChI is InChI=1S/C15H18FN3O/c1-4-20-15-10(2)14(17-9-18-15)19-11(3)12-5-7-13(16)8-6-12/h5-9,11H,4H2,1-3H3,(H,17,18,19). The lowest BCUT2D eigenvalue weighted by atomic mass is 10.1. The fourth-order valence-corrected chi connectivity index (χ4v) is 1.90. The number of rotatable bonds is 5. The topological polar surface area (TPSA) is 47.0 Å². The van der Waals surface area contributed by atoms with Gasteiger partial charge in [-0.3, -0.25) is 0 Å². The number of hydrogen-bond acceptors (Lipinski definition) is 4. The van der Waals surface area contributed by atoms with Gasteiger partial charge in [0.15, 0.2) is 0 Å². The van der Waals surface area contributed by atoms with Crippen molar-refractivity contribution in [3.63, 3.8) is 0 Å². The van der Waals surface area contributed by atoms with E-state index in [2.05, 4.69) is 15.3 Å². The number of hydrogen-bond donors (Lipinski definition) is 1. The first-order chi connectivity index (χ1) is 9.61. The van der Waals surface area contributed by atoms with E-state index in [-0.39, 0.29) is 11.9 Å². The summed E-state index contributed by atoms with van der Waals surface area (Å²) < 4.78 is 18.4. The molecule has 1 N–H and O–H groups in total. The molecule has 0 amide bonds. The zero-order chi connectivity index (χ0) is 14.5. The van der Waals surface area contributed by atoms with Gasteiger partial charge in [-0.15, -0.1) is 0 Å². The number of halogens is 1. The molecule has 0 saturated heterocycles. The molecule has 2 aromatic rings. The van der Waals surface area contributed by atoms with Gasteiger partial charge >= 0.3 is 0 Å². The Morgan fingerprint density at radius 2 is 1.95 bits per heavy atom. The first kappa shape index (κ1) is 14.2. The highest BCUT2D eigenvalue weighted by Gasteiger charge is 2.11. The average molecular weight is 275 g/mol. The van der Waals surface area contributed by atoms with E-state index in [0.717, 1.165) is 16.9 Å². The van der Waals surface area contributed by atoms with Gasteiger partial charge in [0.1, 0.15) is 18.0 Å². The molecule has 0 fully saturated rings. The predicted molar refractivity (Wildman–Crippen MR) is 76.4 cm³/mol. The van der Waals surface area contributed by atoms with Gasteiger partial charge in [0.05, 0.1) is 12.2 Å². The average Bonchev–Trinajstić information content (AvgIpc) is 2.44. The van der Waals surface area contributed by atoms with Gasteiger partial charge in [-0.1, -0.05) is 12.1 Å². The van der Waals surface area contributed by atoms with Gasteiger partial charge < -0.3 is 10.1 Å². The molecule has 20 heavy (non-hydrogen) atoms. The third-order valence-electron chi connectivity index (χ3n) is 3.04. The lowest BCUT2D eigenvalue weighted by Crippen LogP contribution is -2.10. The van der Waals surface area contributed by atoms with Crippen molar-refractivity contribution >= 4 is 5.82 Å². The van der Waals surface area contributed by atoms with Gasteiger partial charge in [0, 0.05) is 6.04 Å². The molecule has 0 aliphatic heterocycles. The maximum Gasteiger partial charge on any atom is 0.221 e. The monoisotopic (exact) mass is 275 g/mol. The summed E-state index contributed by atoms with van der Waals surface area (Å²) in [6.45, 7) is 6.38. The number of nitrogens with one attached hydrogen (secondary N) is 1. The molecule has 0 spiro atoms.